The Hall–Kier alpha value is -3.46. The first-order chi connectivity index (χ1) is 15.8. The summed E-state index contributed by atoms with van der Waals surface area (Å²) in [4.78, 5) is 12.7. The van der Waals surface area contributed by atoms with Crippen molar-refractivity contribution in [3.63, 3.8) is 0 Å². The number of rotatable bonds is 7. The van der Waals surface area contributed by atoms with Gasteiger partial charge in [0.2, 0.25) is 0 Å². The van der Waals surface area contributed by atoms with Crippen LogP contribution in [0.25, 0.3) is 6.08 Å². The fourth-order valence-corrected chi connectivity index (χ4v) is 3.38. The zero-order valence-electron chi connectivity index (χ0n) is 18.4. The predicted molar refractivity (Wildman–Crippen MR) is 132 cm³/mol. The Bertz CT molecular complexity index is 1260. The van der Waals surface area contributed by atoms with E-state index in [4.69, 9.17) is 32.7 Å². The van der Waals surface area contributed by atoms with Crippen molar-refractivity contribution in [3.05, 3.63) is 92.5 Å². The van der Waals surface area contributed by atoms with Gasteiger partial charge in [-0.1, -0.05) is 47.5 Å². The monoisotopic (exact) mass is 480 g/mol. The Morgan fingerprint density at radius 2 is 1.82 bits per heavy atom. The first kappa shape index (κ1) is 24.2. The van der Waals surface area contributed by atoms with Gasteiger partial charge in [-0.3, -0.25) is 4.79 Å². The maximum absolute atomic E-state index is 12.7. The minimum absolute atomic E-state index is 0.0255. The highest BCUT2D eigenvalue weighted by atomic mass is 35.5. The minimum Gasteiger partial charge on any atom is -0.493 e. The molecule has 3 rings (SSSR count). The largest absolute Gasteiger partial charge is 0.493 e. The van der Waals surface area contributed by atoms with Crippen LogP contribution in [0.5, 0.6) is 11.5 Å². The number of amides is 1. The molecule has 7 heteroatoms. The molecule has 0 saturated carbocycles. The molecule has 0 radical (unpaired) electrons. The molecule has 0 unspecified atom stereocenters. The quantitative estimate of drug-likeness (QED) is 0.300. The lowest BCUT2D eigenvalue weighted by molar-refractivity contribution is -0.112. The number of nitrogens with zero attached hydrogens (tertiary/aromatic N) is 1. The van der Waals surface area contributed by atoms with Crippen LogP contribution in [0, 0.1) is 25.2 Å². The first-order valence-corrected chi connectivity index (χ1v) is 10.8. The van der Waals surface area contributed by atoms with Gasteiger partial charge in [0.1, 0.15) is 18.2 Å². The highest BCUT2D eigenvalue weighted by molar-refractivity contribution is 6.42. The third-order valence-corrected chi connectivity index (χ3v) is 5.62. The van der Waals surface area contributed by atoms with Crippen molar-refractivity contribution < 1.29 is 14.3 Å². The Morgan fingerprint density at radius 1 is 1.03 bits per heavy atom. The summed E-state index contributed by atoms with van der Waals surface area (Å²) >= 11 is 12.0. The molecule has 1 amide bonds. The van der Waals surface area contributed by atoms with Crippen LogP contribution in [-0.4, -0.2) is 13.0 Å². The smallest absolute Gasteiger partial charge is 0.266 e. The molecule has 3 aromatic carbocycles. The molecule has 3 aromatic rings. The Labute approximate surface area is 203 Å². The molecule has 0 aliphatic rings. The van der Waals surface area contributed by atoms with E-state index in [9.17, 15) is 10.1 Å². The highest BCUT2D eigenvalue weighted by Crippen LogP contribution is 2.30. The molecule has 168 valence electrons. The number of halogens is 2. The molecule has 5 nitrogen and oxygen atoms in total. The highest BCUT2D eigenvalue weighted by Gasteiger charge is 2.13. The summed E-state index contributed by atoms with van der Waals surface area (Å²) in [7, 11) is 1.52. The van der Waals surface area contributed by atoms with Gasteiger partial charge in [-0.15, -0.1) is 0 Å². The second-order valence-electron chi connectivity index (χ2n) is 7.39. The van der Waals surface area contributed by atoms with E-state index in [1.165, 1.54) is 13.2 Å². The van der Waals surface area contributed by atoms with Crippen LogP contribution in [0.15, 0.2) is 60.2 Å². The summed E-state index contributed by atoms with van der Waals surface area (Å²) in [5, 5.41) is 13.3. The van der Waals surface area contributed by atoms with Crippen molar-refractivity contribution in [2.24, 2.45) is 0 Å². The fourth-order valence-electron chi connectivity index (χ4n) is 3.06. The average Bonchev–Trinajstić information content (AvgIpc) is 2.80. The Kier molecular flexibility index (Phi) is 8.00. The van der Waals surface area contributed by atoms with Crippen LogP contribution in [-0.2, 0) is 11.4 Å². The van der Waals surface area contributed by atoms with Crippen molar-refractivity contribution in [2.75, 3.05) is 12.4 Å². The second kappa shape index (κ2) is 10.9. The first-order valence-electron chi connectivity index (χ1n) is 10.1. The zero-order valence-corrected chi connectivity index (χ0v) is 19.9. The van der Waals surface area contributed by atoms with Gasteiger partial charge in [0.25, 0.3) is 5.91 Å². The van der Waals surface area contributed by atoms with Gasteiger partial charge >= 0.3 is 0 Å². The van der Waals surface area contributed by atoms with Gasteiger partial charge in [0.15, 0.2) is 11.5 Å². The number of carbonyl (C=O) groups is 1. The summed E-state index contributed by atoms with van der Waals surface area (Å²) in [5.74, 6) is 0.500. The molecule has 0 fully saturated rings. The molecular formula is C26H22Cl2N2O3. The minimum atomic E-state index is -0.481. The third-order valence-electron chi connectivity index (χ3n) is 4.88. The standard InChI is InChI=1S/C26H22Cl2N2O3/c1-16-4-5-17(2)23(10-16)30-26(31)20(14-29)11-18-7-9-24(25(13-18)32-3)33-15-19-6-8-21(27)22(28)12-19/h4-13H,15H2,1-3H3,(H,30,31)/b20-11+. The van der Waals surface area contributed by atoms with E-state index < -0.39 is 5.91 Å². The van der Waals surface area contributed by atoms with Gasteiger partial charge < -0.3 is 14.8 Å². The van der Waals surface area contributed by atoms with Gasteiger partial charge in [-0.2, -0.15) is 5.26 Å². The molecule has 0 atom stereocenters. The number of aryl methyl sites for hydroxylation is 2. The summed E-state index contributed by atoms with van der Waals surface area (Å²) < 4.78 is 11.3. The van der Waals surface area contributed by atoms with Crippen molar-refractivity contribution in [2.45, 2.75) is 20.5 Å². The number of anilines is 1. The second-order valence-corrected chi connectivity index (χ2v) is 8.20. The van der Waals surface area contributed by atoms with E-state index >= 15 is 0 Å². The SMILES string of the molecule is COc1cc(/C=C(\C#N)C(=O)Nc2cc(C)ccc2C)ccc1OCc1ccc(Cl)c(Cl)c1. The van der Waals surface area contributed by atoms with Crippen molar-refractivity contribution in [1.82, 2.24) is 0 Å². The topological polar surface area (TPSA) is 71.3 Å². The number of nitrogens with one attached hydrogen (secondary N) is 1. The summed E-state index contributed by atoms with van der Waals surface area (Å²) in [6.45, 7) is 4.10. The molecule has 0 aliphatic heterocycles. The van der Waals surface area contributed by atoms with Gasteiger partial charge in [0, 0.05) is 5.69 Å². The van der Waals surface area contributed by atoms with E-state index in [2.05, 4.69) is 5.32 Å². The number of nitriles is 1. The average molecular weight is 481 g/mol. The molecule has 1 N–H and O–H groups in total. The molecule has 0 spiro atoms. The molecule has 0 heterocycles. The maximum atomic E-state index is 12.7. The molecular weight excluding hydrogens is 459 g/mol. The number of hydrogen-bond donors (Lipinski definition) is 1. The maximum Gasteiger partial charge on any atom is 0.266 e. The number of carbonyl (C=O) groups excluding carboxylic acids is 1. The molecule has 0 aromatic heterocycles. The number of hydrogen-bond acceptors (Lipinski definition) is 4. The van der Waals surface area contributed by atoms with E-state index in [1.54, 1.807) is 30.3 Å². The number of benzene rings is 3. The molecule has 33 heavy (non-hydrogen) atoms. The lowest BCUT2D eigenvalue weighted by Gasteiger charge is -2.12. The fraction of sp³-hybridized carbons (Fsp3) is 0.154. The molecule has 0 aliphatic carbocycles. The van der Waals surface area contributed by atoms with Gasteiger partial charge in [0.05, 0.1) is 17.2 Å². The van der Waals surface area contributed by atoms with Crippen molar-refractivity contribution in [3.8, 4) is 17.6 Å². The van der Waals surface area contributed by atoms with E-state index in [0.29, 0.717) is 32.8 Å². The van der Waals surface area contributed by atoms with Gasteiger partial charge in [-0.25, -0.2) is 0 Å². The van der Waals surface area contributed by atoms with Crippen molar-refractivity contribution >= 4 is 40.9 Å². The van der Waals surface area contributed by atoms with Crippen LogP contribution in [0.3, 0.4) is 0 Å². The van der Waals surface area contributed by atoms with Crippen LogP contribution in [0.2, 0.25) is 10.0 Å². The lowest BCUT2D eigenvalue weighted by atomic mass is 10.1. The van der Waals surface area contributed by atoms with E-state index in [0.717, 1.165) is 16.7 Å². The molecule has 0 saturated heterocycles. The lowest BCUT2D eigenvalue weighted by Crippen LogP contribution is -2.14. The van der Waals surface area contributed by atoms with Crippen LogP contribution < -0.4 is 14.8 Å². The van der Waals surface area contributed by atoms with Crippen LogP contribution >= 0.6 is 23.2 Å². The number of methoxy groups -OCH3 is 1. The third kappa shape index (κ3) is 6.29. The van der Waals surface area contributed by atoms with E-state index in [1.807, 2.05) is 44.2 Å². The predicted octanol–water partition coefficient (Wildman–Crippen LogP) is 6.74. The Morgan fingerprint density at radius 3 is 2.52 bits per heavy atom. The number of ether oxygens (including phenoxy) is 2. The summed E-state index contributed by atoms with van der Waals surface area (Å²) in [5.41, 5.74) is 4.05. The van der Waals surface area contributed by atoms with Crippen LogP contribution in [0.4, 0.5) is 5.69 Å². The van der Waals surface area contributed by atoms with Crippen molar-refractivity contribution in [1.29, 1.82) is 5.26 Å². The summed E-state index contributed by atoms with van der Waals surface area (Å²) in [6, 6.07) is 18.2. The zero-order chi connectivity index (χ0) is 24.0. The van der Waals surface area contributed by atoms with Gasteiger partial charge in [-0.05, 0) is 72.5 Å². The summed E-state index contributed by atoms with van der Waals surface area (Å²) in [6.07, 6.45) is 1.51. The van der Waals surface area contributed by atoms with Crippen LogP contribution in [0.1, 0.15) is 22.3 Å². The Balaban J connectivity index is 1.77. The normalized spacial score (nSPS) is 11.0. The molecule has 0 bridgehead atoms. The van der Waals surface area contributed by atoms with E-state index in [-0.39, 0.29) is 12.2 Å².